The molecule has 0 saturated heterocycles. The average molecular weight is 407 g/mol. The van der Waals surface area contributed by atoms with Crippen molar-refractivity contribution in [2.24, 2.45) is 0 Å². The Morgan fingerprint density at radius 2 is 1.81 bits per heavy atom. The van der Waals surface area contributed by atoms with Gasteiger partial charge in [-0.25, -0.2) is 9.78 Å². The third kappa shape index (κ3) is 3.65. The molecule has 0 saturated carbocycles. The lowest BCUT2D eigenvalue weighted by Crippen LogP contribution is -2.12. The van der Waals surface area contributed by atoms with Crippen molar-refractivity contribution >= 4 is 17.3 Å². The molecule has 0 aliphatic rings. The second-order valence-corrected chi connectivity index (χ2v) is 6.10. The Hall–Kier alpha value is -2.89. The van der Waals surface area contributed by atoms with E-state index in [-0.39, 0.29) is 16.3 Å². The van der Waals surface area contributed by atoms with Crippen LogP contribution < -0.4 is 0 Å². The van der Waals surface area contributed by atoms with Gasteiger partial charge in [0.25, 0.3) is 0 Å². The van der Waals surface area contributed by atoms with Crippen molar-refractivity contribution in [3.63, 3.8) is 0 Å². The van der Waals surface area contributed by atoms with Crippen LogP contribution in [0.25, 0.3) is 22.0 Å². The fourth-order valence-electron chi connectivity index (χ4n) is 2.28. The minimum Gasteiger partial charge on any atom is -0.478 e. The zero-order valence-corrected chi connectivity index (χ0v) is 13.6. The van der Waals surface area contributed by atoms with Crippen LogP contribution in [0.5, 0.6) is 0 Å². The number of benzene rings is 1. The summed E-state index contributed by atoms with van der Waals surface area (Å²) in [4.78, 5) is 15.2. The number of aromatic carboxylic acids is 1. The van der Waals surface area contributed by atoms with Crippen molar-refractivity contribution < 1.29 is 36.2 Å². The Kier molecular flexibility index (Phi) is 4.46. The highest BCUT2D eigenvalue weighted by atomic mass is 32.1. The predicted molar refractivity (Wildman–Crippen MR) is 82.1 cm³/mol. The Morgan fingerprint density at radius 1 is 1.11 bits per heavy atom. The number of carbonyl (C=O) groups is 1. The molecule has 0 aliphatic carbocycles. The first-order valence-corrected chi connectivity index (χ1v) is 7.89. The van der Waals surface area contributed by atoms with Crippen molar-refractivity contribution in [2.45, 2.75) is 12.4 Å². The molecule has 12 heteroatoms. The number of carboxylic acids is 1. The molecule has 0 amide bonds. The first-order chi connectivity index (χ1) is 12.5. The average Bonchev–Trinajstić information content (AvgIpc) is 3.20. The molecule has 0 atom stereocenters. The van der Waals surface area contributed by atoms with E-state index in [2.05, 4.69) is 10.1 Å². The Morgan fingerprint density at radius 3 is 2.41 bits per heavy atom. The summed E-state index contributed by atoms with van der Waals surface area (Å²) in [7, 11) is 0. The summed E-state index contributed by atoms with van der Waals surface area (Å²) < 4.78 is 77.1. The molecule has 0 radical (unpaired) electrons. The van der Waals surface area contributed by atoms with Gasteiger partial charge in [-0.2, -0.15) is 31.4 Å². The number of halogens is 6. The van der Waals surface area contributed by atoms with Crippen molar-refractivity contribution in [1.29, 1.82) is 0 Å². The molecule has 0 unspecified atom stereocenters. The van der Waals surface area contributed by atoms with Gasteiger partial charge in [0.05, 0.1) is 11.3 Å². The van der Waals surface area contributed by atoms with Crippen molar-refractivity contribution in [3.05, 3.63) is 46.5 Å². The number of H-pyrrole nitrogens is 1. The number of aromatic amines is 1. The fourth-order valence-corrected chi connectivity index (χ4v) is 3.10. The van der Waals surface area contributed by atoms with Gasteiger partial charge in [0.2, 0.25) is 0 Å². The Labute approximate surface area is 150 Å². The smallest absolute Gasteiger partial charge is 0.433 e. The van der Waals surface area contributed by atoms with Gasteiger partial charge in [0.1, 0.15) is 16.3 Å². The number of hydrogen-bond acceptors (Lipinski definition) is 4. The first-order valence-electron chi connectivity index (χ1n) is 7.01. The van der Waals surface area contributed by atoms with Crippen LogP contribution in [0.4, 0.5) is 26.3 Å². The van der Waals surface area contributed by atoms with Gasteiger partial charge in [0.15, 0.2) is 5.69 Å². The molecule has 3 aromatic rings. The lowest BCUT2D eigenvalue weighted by molar-refractivity contribution is -0.141. The topological polar surface area (TPSA) is 78.9 Å². The lowest BCUT2D eigenvalue weighted by atomic mass is 10.1. The van der Waals surface area contributed by atoms with Gasteiger partial charge >= 0.3 is 18.3 Å². The van der Waals surface area contributed by atoms with Crippen molar-refractivity contribution in [3.8, 4) is 22.0 Å². The largest absolute Gasteiger partial charge is 0.478 e. The summed E-state index contributed by atoms with van der Waals surface area (Å²) in [5.41, 5.74) is -3.98. The molecular weight excluding hydrogens is 400 g/mol. The number of hydrogen-bond donors (Lipinski definition) is 2. The lowest BCUT2D eigenvalue weighted by Gasteiger charge is -2.07. The normalized spacial score (nSPS) is 12.4. The van der Waals surface area contributed by atoms with Crippen LogP contribution in [0, 0.1) is 0 Å². The number of alkyl halides is 6. The summed E-state index contributed by atoms with van der Waals surface area (Å²) in [6.45, 7) is 0. The quantitative estimate of drug-likeness (QED) is 0.603. The maximum atomic E-state index is 12.9. The summed E-state index contributed by atoms with van der Waals surface area (Å²) in [5, 5.41) is 15.2. The molecule has 1 aromatic carbocycles. The minimum absolute atomic E-state index is 0.0500. The molecule has 2 N–H and O–H groups in total. The van der Waals surface area contributed by atoms with E-state index in [1.54, 1.807) is 5.10 Å². The highest BCUT2D eigenvalue weighted by Crippen LogP contribution is 2.37. The molecule has 0 aliphatic heterocycles. The van der Waals surface area contributed by atoms with Gasteiger partial charge in [-0.15, -0.1) is 11.3 Å². The molecule has 0 spiro atoms. The second-order valence-electron chi connectivity index (χ2n) is 5.24. The Balaban J connectivity index is 2.05. The Bertz CT molecular complexity index is 1010. The standard InChI is InChI=1S/C15H7F6N3O2S/c16-14(17,18)7-3-1-2-6(4-7)8-5-27-12(22-8)10-9(13(25)26)11(24-23-10)15(19,20)21/h1-5H,(H,23,24)(H,25,26). The molecule has 0 fully saturated rings. The molecule has 3 rings (SSSR count). The van der Waals surface area contributed by atoms with Gasteiger partial charge in [-0.1, -0.05) is 12.1 Å². The highest BCUT2D eigenvalue weighted by Gasteiger charge is 2.40. The monoisotopic (exact) mass is 407 g/mol. The number of nitrogens with one attached hydrogen (secondary N) is 1. The van der Waals surface area contributed by atoms with Crippen LogP contribution in [0.15, 0.2) is 29.6 Å². The molecule has 5 nitrogen and oxygen atoms in total. The van der Waals surface area contributed by atoms with Crippen LogP contribution in [0.3, 0.4) is 0 Å². The first kappa shape index (κ1) is 18.9. The van der Waals surface area contributed by atoms with E-state index >= 15 is 0 Å². The van der Waals surface area contributed by atoms with E-state index in [9.17, 15) is 31.1 Å². The molecule has 2 heterocycles. The van der Waals surface area contributed by atoms with Crippen LogP contribution in [-0.4, -0.2) is 26.3 Å². The van der Waals surface area contributed by atoms with E-state index in [0.717, 1.165) is 29.5 Å². The van der Waals surface area contributed by atoms with Gasteiger partial charge in [-0.3, -0.25) is 5.10 Å². The number of carboxylic acid groups (broad SMARTS) is 1. The highest BCUT2D eigenvalue weighted by molar-refractivity contribution is 7.13. The summed E-state index contributed by atoms with van der Waals surface area (Å²) >= 11 is 0.761. The van der Waals surface area contributed by atoms with Crippen molar-refractivity contribution in [1.82, 2.24) is 15.2 Å². The van der Waals surface area contributed by atoms with Crippen LogP contribution in [-0.2, 0) is 12.4 Å². The number of thiazole rings is 1. The zero-order chi connectivity index (χ0) is 20.0. The summed E-state index contributed by atoms with van der Waals surface area (Å²) in [6.07, 6.45) is -9.55. The van der Waals surface area contributed by atoms with E-state index in [1.807, 2.05) is 0 Å². The van der Waals surface area contributed by atoms with E-state index in [0.29, 0.717) is 0 Å². The van der Waals surface area contributed by atoms with Gasteiger partial charge < -0.3 is 5.11 Å². The maximum absolute atomic E-state index is 12.9. The maximum Gasteiger partial charge on any atom is 0.433 e. The molecule has 27 heavy (non-hydrogen) atoms. The molecule has 0 bridgehead atoms. The summed E-state index contributed by atoms with van der Waals surface area (Å²) in [6, 6.07) is 4.21. The van der Waals surface area contributed by atoms with Crippen molar-refractivity contribution in [2.75, 3.05) is 0 Å². The third-order valence-corrected chi connectivity index (χ3v) is 4.31. The molecule has 142 valence electrons. The SMILES string of the molecule is O=C(O)c1c(-c2nc(-c3cccc(C(F)(F)F)c3)cs2)n[nH]c1C(F)(F)F. The molecular formula is C15H7F6N3O2S. The minimum atomic E-state index is -4.97. The van der Waals surface area contributed by atoms with Crippen LogP contribution in [0.1, 0.15) is 21.6 Å². The van der Waals surface area contributed by atoms with E-state index < -0.39 is 40.8 Å². The van der Waals surface area contributed by atoms with Crippen LogP contribution in [0.2, 0.25) is 0 Å². The van der Waals surface area contributed by atoms with E-state index in [1.165, 1.54) is 11.4 Å². The second kappa shape index (κ2) is 6.37. The number of aromatic nitrogens is 3. The fraction of sp³-hybridized carbons (Fsp3) is 0.133. The zero-order valence-electron chi connectivity index (χ0n) is 12.8. The number of rotatable bonds is 3. The van der Waals surface area contributed by atoms with Gasteiger partial charge in [0, 0.05) is 10.9 Å². The molecule has 2 aromatic heterocycles. The van der Waals surface area contributed by atoms with Gasteiger partial charge in [-0.05, 0) is 12.1 Å². The van der Waals surface area contributed by atoms with Crippen LogP contribution >= 0.6 is 11.3 Å². The number of nitrogens with zero attached hydrogens (tertiary/aromatic N) is 2. The van der Waals surface area contributed by atoms with E-state index in [4.69, 9.17) is 5.11 Å². The predicted octanol–water partition coefficient (Wildman–Crippen LogP) is 4.94. The summed E-state index contributed by atoms with van der Waals surface area (Å²) in [5.74, 6) is -1.86. The third-order valence-electron chi connectivity index (χ3n) is 3.46.